The van der Waals surface area contributed by atoms with Crippen LogP contribution >= 0.6 is 11.6 Å². The zero-order chi connectivity index (χ0) is 21.5. The molecule has 2 aromatic carbocycles. The molecule has 0 aliphatic carbocycles. The minimum atomic E-state index is -0.0428. The molecule has 1 heterocycles. The van der Waals surface area contributed by atoms with Crippen LogP contribution in [0.15, 0.2) is 36.4 Å². The third-order valence-electron chi connectivity index (χ3n) is 4.92. The Morgan fingerprint density at radius 2 is 1.47 bits per heavy atom. The fourth-order valence-electron chi connectivity index (χ4n) is 3.55. The van der Waals surface area contributed by atoms with E-state index in [0.29, 0.717) is 55.7 Å². The molecule has 1 aliphatic heterocycles. The predicted molar refractivity (Wildman–Crippen MR) is 120 cm³/mol. The van der Waals surface area contributed by atoms with Crippen LogP contribution in [0.1, 0.15) is 31.1 Å². The van der Waals surface area contributed by atoms with Crippen LogP contribution in [-0.2, 0) is 0 Å². The van der Waals surface area contributed by atoms with E-state index in [1.807, 2.05) is 49.9 Å². The quantitative estimate of drug-likeness (QED) is 0.614. The Morgan fingerprint density at radius 3 is 2.00 bits per heavy atom. The van der Waals surface area contributed by atoms with Crippen LogP contribution in [0, 0.1) is 0 Å². The molecule has 3 rings (SSSR count). The minimum Gasteiger partial charge on any atom is -0.490 e. The number of rotatable bonds is 8. The molecule has 2 aromatic rings. The Hall–Kier alpha value is -2.60. The van der Waals surface area contributed by atoms with Crippen LogP contribution in [0.4, 0.5) is 5.69 Å². The number of hydrogen-bond acceptors (Lipinski definition) is 5. The fourth-order valence-corrected chi connectivity index (χ4v) is 3.81. The van der Waals surface area contributed by atoms with E-state index in [1.54, 1.807) is 12.1 Å². The molecule has 0 unspecified atom stereocenters. The lowest BCUT2D eigenvalue weighted by Crippen LogP contribution is -2.48. The lowest BCUT2D eigenvalue weighted by molar-refractivity contribution is 0.0745. The van der Waals surface area contributed by atoms with Gasteiger partial charge in [0.05, 0.1) is 30.5 Å². The topological polar surface area (TPSA) is 51.2 Å². The smallest absolute Gasteiger partial charge is 0.254 e. The van der Waals surface area contributed by atoms with Gasteiger partial charge < -0.3 is 24.0 Å². The van der Waals surface area contributed by atoms with Crippen molar-refractivity contribution < 1.29 is 19.0 Å². The molecule has 0 saturated carbocycles. The number of anilines is 1. The Morgan fingerprint density at radius 1 is 0.900 bits per heavy atom. The van der Waals surface area contributed by atoms with E-state index in [0.717, 1.165) is 23.8 Å². The van der Waals surface area contributed by atoms with Gasteiger partial charge in [-0.1, -0.05) is 23.7 Å². The normalized spacial score (nSPS) is 13.9. The van der Waals surface area contributed by atoms with Crippen LogP contribution < -0.4 is 19.1 Å². The lowest BCUT2D eigenvalue weighted by atomic mass is 10.1. The molecule has 0 bridgehead atoms. The Labute approximate surface area is 183 Å². The molecule has 7 heteroatoms. The van der Waals surface area contributed by atoms with Crippen molar-refractivity contribution >= 4 is 23.2 Å². The molecule has 0 aromatic heterocycles. The zero-order valence-electron chi connectivity index (χ0n) is 17.8. The summed E-state index contributed by atoms with van der Waals surface area (Å²) in [5.74, 6) is 1.56. The standard InChI is InChI=1S/C23H29ClN2O4/c1-4-28-20-15-17(16-21(29-5-2)22(20)30-6-3)23(27)26-13-11-25(12-14-26)19-10-8-7-9-18(19)24/h7-10,15-16H,4-6,11-14H2,1-3H3. The van der Waals surface area contributed by atoms with Crippen LogP contribution in [0.5, 0.6) is 17.2 Å². The molecular weight excluding hydrogens is 404 g/mol. The summed E-state index contributed by atoms with van der Waals surface area (Å²) in [4.78, 5) is 17.3. The van der Waals surface area contributed by atoms with Crippen molar-refractivity contribution in [3.8, 4) is 17.2 Å². The van der Waals surface area contributed by atoms with Crippen LogP contribution in [0.3, 0.4) is 0 Å². The average Bonchev–Trinajstić information content (AvgIpc) is 2.76. The van der Waals surface area contributed by atoms with E-state index >= 15 is 0 Å². The van der Waals surface area contributed by atoms with Gasteiger partial charge in [-0.15, -0.1) is 0 Å². The number of carbonyl (C=O) groups excluding carboxylic acids is 1. The molecule has 162 valence electrons. The van der Waals surface area contributed by atoms with E-state index in [9.17, 15) is 4.79 Å². The van der Waals surface area contributed by atoms with Crippen molar-refractivity contribution in [3.63, 3.8) is 0 Å². The number of halogens is 1. The summed E-state index contributed by atoms with van der Waals surface area (Å²) < 4.78 is 17.2. The van der Waals surface area contributed by atoms with Crippen molar-refractivity contribution in [2.24, 2.45) is 0 Å². The number of hydrogen-bond donors (Lipinski definition) is 0. The van der Waals surface area contributed by atoms with Crippen molar-refractivity contribution in [3.05, 3.63) is 47.0 Å². The predicted octanol–water partition coefficient (Wildman–Crippen LogP) is 4.50. The number of benzene rings is 2. The van der Waals surface area contributed by atoms with Gasteiger partial charge in [0.15, 0.2) is 11.5 Å². The maximum Gasteiger partial charge on any atom is 0.254 e. The molecule has 30 heavy (non-hydrogen) atoms. The van der Waals surface area contributed by atoms with Gasteiger partial charge >= 0.3 is 0 Å². The molecule has 1 fully saturated rings. The lowest BCUT2D eigenvalue weighted by Gasteiger charge is -2.36. The molecule has 1 aliphatic rings. The number of ether oxygens (including phenoxy) is 3. The van der Waals surface area contributed by atoms with Crippen molar-refractivity contribution in [2.45, 2.75) is 20.8 Å². The van der Waals surface area contributed by atoms with E-state index in [1.165, 1.54) is 0 Å². The van der Waals surface area contributed by atoms with E-state index < -0.39 is 0 Å². The highest BCUT2D eigenvalue weighted by Gasteiger charge is 2.25. The second-order valence-electron chi connectivity index (χ2n) is 6.83. The second-order valence-corrected chi connectivity index (χ2v) is 7.24. The van der Waals surface area contributed by atoms with Crippen LogP contribution in [-0.4, -0.2) is 56.8 Å². The molecule has 0 atom stereocenters. The van der Waals surface area contributed by atoms with Crippen molar-refractivity contribution in [1.82, 2.24) is 4.90 Å². The number of nitrogens with zero attached hydrogens (tertiary/aromatic N) is 2. The van der Waals surface area contributed by atoms with Gasteiger partial charge in [-0.2, -0.15) is 0 Å². The summed E-state index contributed by atoms with van der Waals surface area (Å²) in [7, 11) is 0. The maximum atomic E-state index is 13.2. The highest BCUT2D eigenvalue weighted by atomic mass is 35.5. The first kappa shape index (κ1) is 22.1. The number of piperazine rings is 1. The Bertz CT molecular complexity index is 839. The van der Waals surface area contributed by atoms with Crippen molar-refractivity contribution in [1.29, 1.82) is 0 Å². The molecule has 1 saturated heterocycles. The SMILES string of the molecule is CCOc1cc(C(=O)N2CCN(c3ccccc3Cl)CC2)cc(OCC)c1OCC. The number of para-hydroxylation sites is 1. The zero-order valence-corrected chi connectivity index (χ0v) is 18.6. The largest absolute Gasteiger partial charge is 0.490 e. The molecule has 1 amide bonds. The summed E-state index contributed by atoms with van der Waals surface area (Å²) in [6.45, 7) is 9.82. The molecule has 0 spiro atoms. The Balaban J connectivity index is 1.78. The highest BCUT2D eigenvalue weighted by molar-refractivity contribution is 6.33. The average molecular weight is 433 g/mol. The van der Waals surface area contributed by atoms with Gasteiger partial charge in [0.1, 0.15) is 0 Å². The fraction of sp³-hybridized carbons (Fsp3) is 0.435. The second kappa shape index (κ2) is 10.4. The van der Waals surface area contributed by atoms with Gasteiger partial charge in [-0.25, -0.2) is 0 Å². The van der Waals surface area contributed by atoms with Gasteiger partial charge in [-0.3, -0.25) is 4.79 Å². The molecule has 6 nitrogen and oxygen atoms in total. The monoisotopic (exact) mass is 432 g/mol. The van der Waals surface area contributed by atoms with Crippen molar-refractivity contribution in [2.75, 3.05) is 50.9 Å². The van der Waals surface area contributed by atoms with Gasteiger partial charge in [0.2, 0.25) is 5.75 Å². The first-order chi connectivity index (χ1) is 14.6. The number of carbonyl (C=O) groups is 1. The third kappa shape index (κ3) is 4.93. The third-order valence-corrected chi connectivity index (χ3v) is 5.24. The molecule has 0 radical (unpaired) electrons. The van der Waals surface area contributed by atoms with Crippen LogP contribution in [0.2, 0.25) is 5.02 Å². The summed E-state index contributed by atoms with van der Waals surface area (Å²) >= 11 is 6.33. The summed E-state index contributed by atoms with van der Waals surface area (Å²) in [6.07, 6.45) is 0. The van der Waals surface area contributed by atoms with E-state index in [4.69, 9.17) is 25.8 Å². The van der Waals surface area contributed by atoms with Gasteiger partial charge in [0.25, 0.3) is 5.91 Å². The van der Waals surface area contributed by atoms with Crippen LogP contribution in [0.25, 0.3) is 0 Å². The molecule has 0 N–H and O–H groups in total. The van der Waals surface area contributed by atoms with E-state index in [-0.39, 0.29) is 5.91 Å². The van der Waals surface area contributed by atoms with Gasteiger partial charge in [-0.05, 0) is 45.0 Å². The molecular formula is C23H29ClN2O4. The first-order valence-electron chi connectivity index (χ1n) is 10.4. The number of amides is 1. The first-order valence-corrected chi connectivity index (χ1v) is 10.8. The summed E-state index contributed by atoms with van der Waals surface area (Å²) in [5.41, 5.74) is 1.54. The maximum absolute atomic E-state index is 13.2. The van der Waals surface area contributed by atoms with Gasteiger partial charge in [0, 0.05) is 31.7 Å². The minimum absolute atomic E-state index is 0.0428. The highest BCUT2D eigenvalue weighted by Crippen LogP contribution is 2.39. The summed E-state index contributed by atoms with van der Waals surface area (Å²) in [6, 6.07) is 11.3. The van der Waals surface area contributed by atoms with E-state index in [2.05, 4.69) is 4.90 Å². The Kier molecular flexibility index (Phi) is 7.69. The summed E-state index contributed by atoms with van der Waals surface area (Å²) in [5, 5.41) is 0.728.